The third kappa shape index (κ3) is 4.41. The first-order valence-electron chi connectivity index (χ1n) is 9.30. The van der Waals surface area contributed by atoms with Crippen LogP contribution in [0.5, 0.6) is 0 Å². The molecule has 152 valence electrons. The topological polar surface area (TPSA) is 93.6 Å². The minimum Gasteiger partial charge on any atom is -0.460 e. The van der Waals surface area contributed by atoms with E-state index in [1.165, 1.54) is 18.2 Å². The number of nitrogens with zero attached hydrogens (tertiary/aromatic N) is 1. The van der Waals surface area contributed by atoms with E-state index < -0.39 is 10.0 Å². The van der Waals surface area contributed by atoms with Gasteiger partial charge in [0.15, 0.2) is 0 Å². The molecule has 0 saturated carbocycles. The molecule has 0 aliphatic heterocycles. The Labute approximate surface area is 170 Å². The largest absolute Gasteiger partial charge is 0.460 e. The van der Waals surface area contributed by atoms with E-state index in [-0.39, 0.29) is 16.8 Å². The van der Waals surface area contributed by atoms with Crippen LogP contribution >= 0.6 is 0 Å². The number of sulfonamides is 1. The van der Waals surface area contributed by atoms with Gasteiger partial charge in [-0.2, -0.15) is 0 Å². The molecule has 0 aliphatic rings. The highest BCUT2D eigenvalue weighted by Gasteiger charge is 2.18. The highest BCUT2D eigenvalue weighted by molar-refractivity contribution is 7.89. The Morgan fingerprint density at radius 2 is 1.93 bits per heavy atom. The van der Waals surface area contributed by atoms with Crippen molar-refractivity contribution in [2.45, 2.75) is 31.2 Å². The molecule has 0 fully saturated rings. The molecule has 2 N–H and O–H groups in total. The van der Waals surface area contributed by atoms with Crippen LogP contribution in [0.3, 0.4) is 0 Å². The summed E-state index contributed by atoms with van der Waals surface area (Å²) in [5.74, 6) is 0.623. The number of fused-ring (bicyclic) bond motifs is 1. The summed E-state index contributed by atoms with van der Waals surface area (Å²) in [6, 6.07) is 13.7. The molecule has 6 nitrogen and oxygen atoms in total. The minimum atomic E-state index is -3.80. The maximum absolute atomic E-state index is 12.7. The zero-order valence-electron chi connectivity index (χ0n) is 16.6. The number of furan rings is 1. The van der Waals surface area contributed by atoms with Gasteiger partial charge in [0, 0.05) is 30.5 Å². The maximum atomic E-state index is 12.7. The van der Waals surface area contributed by atoms with Crippen LogP contribution in [0, 0.1) is 0 Å². The lowest BCUT2D eigenvalue weighted by Crippen LogP contribution is -2.28. The van der Waals surface area contributed by atoms with Crippen molar-refractivity contribution in [3.8, 4) is 0 Å². The molecule has 0 radical (unpaired) electrons. The van der Waals surface area contributed by atoms with E-state index in [1.807, 2.05) is 38.1 Å². The van der Waals surface area contributed by atoms with Gasteiger partial charge >= 0.3 is 0 Å². The maximum Gasteiger partial charge on any atom is 0.246 e. The van der Waals surface area contributed by atoms with E-state index in [2.05, 4.69) is 0 Å². The fraction of sp³-hybridized carbons (Fsp3) is 0.227. The lowest BCUT2D eigenvalue weighted by molar-refractivity contribution is -0.126. The van der Waals surface area contributed by atoms with E-state index in [0.717, 1.165) is 28.7 Å². The molecule has 7 heteroatoms. The van der Waals surface area contributed by atoms with Crippen LogP contribution in [0.2, 0.25) is 0 Å². The van der Waals surface area contributed by atoms with Crippen LogP contribution in [0.4, 0.5) is 0 Å². The van der Waals surface area contributed by atoms with E-state index in [1.54, 1.807) is 30.2 Å². The number of likely N-dealkylation sites (N-methyl/N-ethyl adjacent to an activating group) is 1. The Morgan fingerprint density at radius 1 is 1.21 bits per heavy atom. The van der Waals surface area contributed by atoms with Crippen LogP contribution < -0.4 is 5.14 Å². The van der Waals surface area contributed by atoms with E-state index in [0.29, 0.717) is 5.56 Å². The molecule has 1 amide bonds. The van der Waals surface area contributed by atoms with Crippen molar-refractivity contribution in [1.82, 2.24) is 4.90 Å². The summed E-state index contributed by atoms with van der Waals surface area (Å²) in [7, 11) is -2.13. The molecule has 2 aromatic carbocycles. The van der Waals surface area contributed by atoms with Gasteiger partial charge in [0.05, 0.1) is 10.9 Å². The molecule has 0 spiro atoms. The molecular formula is C22H24N2O4S. The second kappa shape index (κ2) is 8.23. The average molecular weight is 413 g/mol. The molecule has 3 aromatic rings. The predicted octanol–water partition coefficient (Wildman–Crippen LogP) is 3.88. The lowest BCUT2D eigenvalue weighted by Gasteiger charge is -2.24. The van der Waals surface area contributed by atoms with Crippen LogP contribution in [-0.4, -0.2) is 26.3 Å². The Morgan fingerprint density at radius 3 is 2.62 bits per heavy atom. The number of benzene rings is 2. The predicted molar refractivity (Wildman–Crippen MR) is 114 cm³/mol. The van der Waals surface area contributed by atoms with Gasteiger partial charge in [0.2, 0.25) is 15.9 Å². The third-order valence-corrected chi connectivity index (χ3v) is 5.93. The summed E-state index contributed by atoms with van der Waals surface area (Å²) in [6.45, 7) is 3.84. The molecule has 0 bridgehead atoms. The summed E-state index contributed by atoms with van der Waals surface area (Å²) in [4.78, 5) is 14.3. The zero-order chi connectivity index (χ0) is 21.2. The third-order valence-electron chi connectivity index (χ3n) is 5.02. The number of rotatable bonds is 6. The summed E-state index contributed by atoms with van der Waals surface area (Å²) >= 11 is 0. The van der Waals surface area contributed by atoms with E-state index in [4.69, 9.17) is 9.56 Å². The molecule has 1 aromatic heterocycles. The Balaban J connectivity index is 1.84. The first kappa shape index (κ1) is 20.8. The van der Waals surface area contributed by atoms with Gasteiger partial charge in [-0.1, -0.05) is 37.3 Å². The standard InChI is InChI=1S/C22H24N2O4S/c1-4-20-19(18-10-5-6-11-21(18)28-20)12-13-22(25)24(3)15(2)16-8-7-9-17(14-16)29(23,26)27/h5-15H,4H2,1-3H3,(H2,23,26,27)/b13-12+. The van der Waals surface area contributed by atoms with Gasteiger partial charge in [-0.25, -0.2) is 13.6 Å². The second-order valence-electron chi connectivity index (χ2n) is 6.86. The fourth-order valence-corrected chi connectivity index (χ4v) is 3.77. The summed E-state index contributed by atoms with van der Waals surface area (Å²) < 4.78 is 29.0. The van der Waals surface area contributed by atoms with Gasteiger partial charge < -0.3 is 9.32 Å². The SMILES string of the molecule is CCc1oc2ccccc2c1/C=C/C(=O)N(C)C(C)c1cccc(S(N)(=O)=O)c1. The van der Waals surface area contributed by atoms with Crippen LogP contribution in [0.15, 0.2) is 63.9 Å². The summed E-state index contributed by atoms with van der Waals surface area (Å²) in [5, 5.41) is 6.17. The van der Waals surface area contributed by atoms with Crippen molar-refractivity contribution in [2.75, 3.05) is 7.05 Å². The summed E-state index contributed by atoms with van der Waals surface area (Å²) in [6.07, 6.45) is 4.00. The van der Waals surface area contributed by atoms with Crippen LogP contribution in [0.1, 0.15) is 36.8 Å². The first-order chi connectivity index (χ1) is 13.7. The van der Waals surface area contributed by atoms with E-state index in [9.17, 15) is 13.2 Å². The number of aryl methyl sites for hydroxylation is 1. The number of nitrogens with two attached hydrogens (primary N) is 1. The Bertz CT molecular complexity index is 1180. The molecule has 29 heavy (non-hydrogen) atoms. The number of primary sulfonamides is 1. The Kier molecular flexibility index (Phi) is 5.91. The van der Waals surface area contributed by atoms with Gasteiger partial charge in [0.1, 0.15) is 11.3 Å². The number of carbonyl (C=O) groups is 1. The molecule has 3 rings (SSSR count). The fourth-order valence-electron chi connectivity index (χ4n) is 3.20. The van der Waals surface area contributed by atoms with Crippen molar-refractivity contribution in [3.63, 3.8) is 0 Å². The van der Waals surface area contributed by atoms with Crippen molar-refractivity contribution >= 4 is 33.0 Å². The summed E-state index contributed by atoms with van der Waals surface area (Å²) in [5.41, 5.74) is 2.37. The lowest BCUT2D eigenvalue weighted by atomic mass is 10.1. The molecule has 1 atom stereocenters. The zero-order valence-corrected chi connectivity index (χ0v) is 17.4. The smallest absolute Gasteiger partial charge is 0.246 e. The van der Waals surface area contributed by atoms with Crippen molar-refractivity contribution < 1.29 is 17.6 Å². The number of para-hydroxylation sites is 1. The molecule has 0 saturated heterocycles. The molecule has 1 unspecified atom stereocenters. The Hall–Kier alpha value is -2.90. The quantitative estimate of drug-likeness (QED) is 0.622. The van der Waals surface area contributed by atoms with Crippen molar-refractivity contribution in [3.05, 3.63) is 71.5 Å². The van der Waals surface area contributed by atoms with Gasteiger partial charge in [-0.15, -0.1) is 0 Å². The molecule has 1 heterocycles. The van der Waals surface area contributed by atoms with E-state index >= 15 is 0 Å². The van der Waals surface area contributed by atoms with Crippen LogP contribution in [-0.2, 0) is 21.2 Å². The van der Waals surface area contributed by atoms with Gasteiger partial charge in [-0.05, 0) is 36.8 Å². The van der Waals surface area contributed by atoms with Crippen molar-refractivity contribution in [2.24, 2.45) is 5.14 Å². The number of carbonyl (C=O) groups excluding carboxylic acids is 1. The van der Waals surface area contributed by atoms with Crippen molar-refractivity contribution in [1.29, 1.82) is 0 Å². The van der Waals surface area contributed by atoms with Gasteiger partial charge in [-0.3, -0.25) is 4.79 Å². The highest BCUT2D eigenvalue weighted by atomic mass is 32.2. The normalized spacial score (nSPS) is 13.1. The highest BCUT2D eigenvalue weighted by Crippen LogP contribution is 2.28. The van der Waals surface area contributed by atoms with Gasteiger partial charge in [0.25, 0.3) is 0 Å². The number of hydrogen-bond donors (Lipinski definition) is 1. The minimum absolute atomic E-state index is 0.0238. The number of amides is 1. The van der Waals surface area contributed by atoms with Crippen LogP contribution in [0.25, 0.3) is 17.0 Å². The monoisotopic (exact) mass is 412 g/mol. The first-order valence-corrected chi connectivity index (χ1v) is 10.8. The molecule has 0 aliphatic carbocycles. The average Bonchev–Trinajstić information content (AvgIpc) is 3.08. The number of hydrogen-bond acceptors (Lipinski definition) is 4. The molecular weight excluding hydrogens is 388 g/mol. The second-order valence-corrected chi connectivity index (χ2v) is 8.43.